The molecule has 2 nitrogen and oxygen atoms in total. The Balaban J connectivity index is 2.11. The Morgan fingerprint density at radius 2 is 1.86 bits per heavy atom. The summed E-state index contributed by atoms with van der Waals surface area (Å²) in [5, 5.41) is 5.12. The molecule has 22 heavy (non-hydrogen) atoms. The molecule has 0 aliphatic carbocycles. The van der Waals surface area contributed by atoms with Crippen LogP contribution in [0.1, 0.15) is 12.6 Å². The van der Waals surface area contributed by atoms with Gasteiger partial charge in [-0.3, -0.25) is 4.98 Å². The van der Waals surface area contributed by atoms with E-state index in [9.17, 15) is 0 Å². The molecule has 0 saturated heterocycles. The van der Waals surface area contributed by atoms with E-state index < -0.39 is 0 Å². The van der Waals surface area contributed by atoms with Crippen molar-refractivity contribution in [2.24, 2.45) is 0 Å². The number of nitrogens with zero attached hydrogens (tertiary/aromatic N) is 1. The van der Waals surface area contributed by atoms with Gasteiger partial charge in [0.15, 0.2) is 0 Å². The Morgan fingerprint density at radius 3 is 2.64 bits per heavy atom. The van der Waals surface area contributed by atoms with Crippen molar-refractivity contribution in [3.8, 4) is 0 Å². The van der Waals surface area contributed by atoms with E-state index in [0.717, 1.165) is 11.3 Å². The number of hydrogen-bond donors (Lipinski definition) is 0. The van der Waals surface area contributed by atoms with Crippen LogP contribution in [0.25, 0.3) is 36.5 Å². The maximum absolute atomic E-state index is 5.15. The molecule has 2 aromatic heterocycles. The van der Waals surface area contributed by atoms with E-state index in [-0.39, 0.29) is 0 Å². The molecule has 0 aliphatic heterocycles. The van der Waals surface area contributed by atoms with Crippen LogP contribution in [-0.4, -0.2) is 12.1 Å². The fourth-order valence-electron chi connectivity index (χ4n) is 2.90. The van der Waals surface area contributed by atoms with Crippen molar-refractivity contribution >= 4 is 47.9 Å². The Bertz CT molecular complexity index is 1030. The van der Waals surface area contributed by atoms with Gasteiger partial charge in [-0.15, -0.1) is 11.3 Å². The molecule has 0 radical (unpaired) electrons. The third kappa shape index (κ3) is 1.97. The van der Waals surface area contributed by atoms with E-state index in [2.05, 4.69) is 47.4 Å². The molecule has 0 spiro atoms. The van der Waals surface area contributed by atoms with Crippen molar-refractivity contribution in [1.82, 2.24) is 4.98 Å². The molecule has 2 aromatic carbocycles. The van der Waals surface area contributed by atoms with Gasteiger partial charge in [0.05, 0.1) is 23.8 Å². The summed E-state index contributed by atoms with van der Waals surface area (Å²) in [6, 6.07) is 15.1. The van der Waals surface area contributed by atoms with Crippen LogP contribution in [0.2, 0.25) is 0 Å². The fraction of sp³-hybridized carbons (Fsp3) is 0.105. The molecule has 0 fully saturated rings. The molecule has 0 amide bonds. The molecular weight excluding hydrogens is 290 g/mol. The van der Waals surface area contributed by atoms with Gasteiger partial charge in [0.1, 0.15) is 0 Å². The number of hydrogen-bond acceptors (Lipinski definition) is 3. The average Bonchev–Trinajstić information content (AvgIpc) is 2.90. The Labute approximate surface area is 132 Å². The van der Waals surface area contributed by atoms with Crippen molar-refractivity contribution in [3.63, 3.8) is 0 Å². The topological polar surface area (TPSA) is 22.1 Å². The van der Waals surface area contributed by atoms with Crippen LogP contribution in [0.5, 0.6) is 0 Å². The van der Waals surface area contributed by atoms with Crippen molar-refractivity contribution in [3.05, 3.63) is 60.6 Å². The second-order valence-electron chi connectivity index (χ2n) is 5.37. The summed E-state index contributed by atoms with van der Waals surface area (Å²) in [6.07, 6.45) is 3.63. The number of fused-ring (bicyclic) bond motifs is 4. The van der Waals surface area contributed by atoms with Crippen LogP contribution in [0.3, 0.4) is 0 Å². The fourth-order valence-corrected chi connectivity index (χ4v) is 4.18. The SMILES string of the molecule is CO/C=C(/C)c1nccc2c1sc1cc3ccccc3cc12. The van der Waals surface area contributed by atoms with E-state index in [4.69, 9.17) is 4.74 Å². The molecule has 4 rings (SSSR count). The number of benzene rings is 2. The molecular formula is C19H15NOS. The highest BCUT2D eigenvalue weighted by atomic mass is 32.1. The van der Waals surface area contributed by atoms with Crippen molar-refractivity contribution in [2.75, 3.05) is 7.11 Å². The largest absolute Gasteiger partial charge is 0.504 e. The second-order valence-corrected chi connectivity index (χ2v) is 6.42. The average molecular weight is 305 g/mol. The van der Waals surface area contributed by atoms with Crippen LogP contribution >= 0.6 is 11.3 Å². The Morgan fingerprint density at radius 1 is 1.09 bits per heavy atom. The molecule has 2 heterocycles. The van der Waals surface area contributed by atoms with E-state index in [1.807, 2.05) is 13.1 Å². The Kier molecular flexibility index (Phi) is 3.09. The predicted molar refractivity (Wildman–Crippen MR) is 95.3 cm³/mol. The summed E-state index contributed by atoms with van der Waals surface area (Å²) < 4.78 is 7.67. The Hall–Kier alpha value is -2.39. The number of pyridine rings is 1. The van der Waals surface area contributed by atoms with E-state index in [1.54, 1.807) is 24.7 Å². The first-order valence-electron chi connectivity index (χ1n) is 7.18. The minimum absolute atomic E-state index is 1.00. The summed E-state index contributed by atoms with van der Waals surface area (Å²) in [5.41, 5.74) is 2.05. The van der Waals surface area contributed by atoms with Crippen LogP contribution in [-0.2, 0) is 4.74 Å². The lowest BCUT2D eigenvalue weighted by Gasteiger charge is -2.02. The zero-order chi connectivity index (χ0) is 15.1. The number of methoxy groups -OCH3 is 1. The molecule has 3 heteroatoms. The van der Waals surface area contributed by atoms with Gasteiger partial charge >= 0.3 is 0 Å². The van der Waals surface area contributed by atoms with Crippen LogP contribution in [0, 0.1) is 0 Å². The van der Waals surface area contributed by atoms with Gasteiger partial charge in [-0.2, -0.15) is 0 Å². The first kappa shape index (κ1) is 13.3. The predicted octanol–water partition coefficient (Wildman–Crippen LogP) is 5.61. The zero-order valence-corrected chi connectivity index (χ0v) is 13.3. The normalized spacial score (nSPS) is 12.4. The van der Waals surface area contributed by atoms with Crippen LogP contribution in [0.4, 0.5) is 0 Å². The highest BCUT2D eigenvalue weighted by molar-refractivity contribution is 7.26. The number of allylic oxidation sites excluding steroid dienone is 1. The zero-order valence-electron chi connectivity index (χ0n) is 12.5. The van der Waals surface area contributed by atoms with Crippen LogP contribution < -0.4 is 0 Å². The number of ether oxygens (including phenoxy) is 1. The van der Waals surface area contributed by atoms with Gasteiger partial charge in [-0.25, -0.2) is 0 Å². The minimum atomic E-state index is 1.00. The number of aromatic nitrogens is 1. The van der Waals surface area contributed by atoms with Gasteiger partial charge in [0, 0.05) is 27.2 Å². The molecule has 0 aliphatic rings. The van der Waals surface area contributed by atoms with Gasteiger partial charge in [-0.1, -0.05) is 24.3 Å². The van der Waals surface area contributed by atoms with E-state index in [1.165, 1.54) is 30.9 Å². The lowest BCUT2D eigenvalue weighted by Crippen LogP contribution is -1.86. The quantitative estimate of drug-likeness (QED) is 0.449. The van der Waals surface area contributed by atoms with Gasteiger partial charge < -0.3 is 4.74 Å². The molecule has 108 valence electrons. The first-order chi connectivity index (χ1) is 10.8. The van der Waals surface area contributed by atoms with Gasteiger partial charge in [-0.05, 0) is 35.9 Å². The van der Waals surface area contributed by atoms with E-state index >= 15 is 0 Å². The summed E-state index contributed by atoms with van der Waals surface area (Å²) in [7, 11) is 1.67. The van der Waals surface area contributed by atoms with Gasteiger partial charge in [0.25, 0.3) is 0 Å². The van der Waals surface area contributed by atoms with Gasteiger partial charge in [0.2, 0.25) is 0 Å². The van der Waals surface area contributed by atoms with Crippen LogP contribution in [0.15, 0.2) is 54.9 Å². The maximum atomic E-state index is 5.15. The summed E-state index contributed by atoms with van der Waals surface area (Å²) in [4.78, 5) is 4.55. The lowest BCUT2D eigenvalue weighted by molar-refractivity contribution is 0.339. The maximum Gasteiger partial charge on any atom is 0.0875 e. The first-order valence-corrected chi connectivity index (χ1v) is 7.99. The second kappa shape index (κ2) is 5.11. The molecule has 4 aromatic rings. The highest BCUT2D eigenvalue weighted by Crippen LogP contribution is 2.38. The molecule has 0 unspecified atom stereocenters. The summed E-state index contributed by atoms with van der Waals surface area (Å²) in [5.74, 6) is 0. The number of thiophene rings is 1. The summed E-state index contributed by atoms with van der Waals surface area (Å²) in [6.45, 7) is 2.03. The summed E-state index contributed by atoms with van der Waals surface area (Å²) >= 11 is 1.80. The monoisotopic (exact) mass is 305 g/mol. The molecule has 0 N–H and O–H groups in total. The number of rotatable bonds is 2. The minimum Gasteiger partial charge on any atom is -0.504 e. The molecule has 0 saturated carbocycles. The third-order valence-electron chi connectivity index (χ3n) is 3.92. The van der Waals surface area contributed by atoms with Crippen molar-refractivity contribution in [2.45, 2.75) is 6.92 Å². The third-order valence-corrected chi connectivity index (χ3v) is 5.10. The highest BCUT2D eigenvalue weighted by Gasteiger charge is 2.12. The molecule has 0 atom stereocenters. The van der Waals surface area contributed by atoms with E-state index in [0.29, 0.717) is 0 Å². The van der Waals surface area contributed by atoms with Crippen molar-refractivity contribution in [1.29, 1.82) is 0 Å². The smallest absolute Gasteiger partial charge is 0.0875 e. The van der Waals surface area contributed by atoms with Crippen molar-refractivity contribution < 1.29 is 4.74 Å². The standard InChI is InChI=1S/C19H15NOS/c1-12(11-21-2)18-19-15(7-8-20-18)16-9-13-5-3-4-6-14(13)10-17(16)22-19/h3-11H,1-2H3/b12-11-. The lowest BCUT2D eigenvalue weighted by atomic mass is 10.1. The molecule has 0 bridgehead atoms.